The van der Waals surface area contributed by atoms with Crippen molar-refractivity contribution in [1.82, 2.24) is 0 Å². The van der Waals surface area contributed by atoms with Crippen LogP contribution in [-0.4, -0.2) is 141 Å². The van der Waals surface area contributed by atoms with Gasteiger partial charge in [0.25, 0.3) is 0 Å². The number of methoxy groups -OCH3 is 2. The summed E-state index contributed by atoms with van der Waals surface area (Å²) in [6.07, 6.45) is -33.6. The van der Waals surface area contributed by atoms with Gasteiger partial charge in [0.2, 0.25) is 0 Å². The van der Waals surface area contributed by atoms with E-state index in [1.54, 1.807) is 72.8 Å². The summed E-state index contributed by atoms with van der Waals surface area (Å²) in [7, 11) is 2.18. The summed E-state index contributed by atoms with van der Waals surface area (Å²) in [6.45, 7) is 1.86. The second kappa shape index (κ2) is 38.3. The first-order valence-corrected chi connectivity index (χ1v) is 37.9. The van der Waals surface area contributed by atoms with Gasteiger partial charge in [0.05, 0.1) is 106 Å². The second-order valence-corrected chi connectivity index (χ2v) is 31.4. The predicted octanol–water partition coefficient (Wildman–Crippen LogP) is 19.7. The Morgan fingerprint density at radius 3 is 0.935 bits per heavy atom. The van der Waals surface area contributed by atoms with Gasteiger partial charge < -0.3 is 50.7 Å². The van der Waals surface area contributed by atoms with Crippen LogP contribution in [0, 0.1) is 34.0 Å². The molecule has 0 fully saturated rings. The number of carbonyl (C=O) groups excluding carboxylic acids is 8. The van der Waals surface area contributed by atoms with Crippen LogP contribution in [0.3, 0.4) is 0 Å². The van der Waals surface area contributed by atoms with Crippen LogP contribution in [-0.2, 0) is 65.6 Å². The Kier molecular flexibility index (Phi) is 30.1. The number of ether oxygens (including phenoxy) is 2. The molecular formula is C86H80ClF15N2O19. The average Bonchev–Trinajstić information content (AvgIpc) is 0.776. The fourth-order valence-electron chi connectivity index (χ4n) is 16.3. The monoisotopic (exact) mass is 1760 g/mol. The van der Waals surface area contributed by atoms with E-state index < -0.39 is 187 Å². The Balaban J connectivity index is 0.000000195. The van der Waals surface area contributed by atoms with Gasteiger partial charge >= 0.3 is 66.8 Å². The zero-order chi connectivity index (χ0) is 91.6. The van der Waals surface area contributed by atoms with Crippen molar-refractivity contribution >= 4 is 87.8 Å². The molecule has 0 radical (unpaired) electrons. The number of alkyl halides is 15. The lowest BCUT2D eigenvalue weighted by Crippen LogP contribution is -2.41. The molecule has 5 aliphatic carbocycles. The summed E-state index contributed by atoms with van der Waals surface area (Å²) < 4.78 is 203. The van der Waals surface area contributed by atoms with E-state index in [0.717, 1.165) is 36.5 Å². The lowest BCUT2D eigenvalue weighted by Gasteiger charge is -2.36. The molecule has 123 heavy (non-hydrogen) atoms. The number of benzene rings is 7. The number of phenolic OH excluding ortho intramolecular Hbond substituents is 3. The van der Waals surface area contributed by atoms with Gasteiger partial charge in [-0.3, -0.25) is 47.9 Å². The first-order valence-electron chi connectivity index (χ1n) is 37.5. The van der Waals surface area contributed by atoms with Crippen LogP contribution in [0.25, 0.3) is 11.1 Å². The molecule has 21 nitrogen and oxygen atoms in total. The molecule has 37 heteroatoms. The molecule has 5 atom stereocenters. The zero-order valence-corrected chi connectivity index (χ0v) is 66.2. The third kappa shape index (κ3) is 25.6. The number of ketones is 5. The van der Waals surface area contributed by atoms with Crippen LogP contribution >= 0.6 is 11.6 Å². The van der Waals surface area contributed by atoms with Crippen LogP contribution in [0.1, 0.15) is 181 Å². The predicted molar refractivity (Wildman–Crippen MR) is 410 cm³/mol. The quantitative estimate of drug-likeness (QED) is 0.0292. The number of Topliss-reactive ketones (excluding diaryl/α,β-unsaturated/α-hetero) is 5. The Bertz CT molecular complexity index is 4990. The average molecular weight is 1770 g/mol. The Morgan fingerprint density at radius 2 is 0.634 bits per heavy atom. The number of aromatic hydroxyl groups is 3. The molecule has 7 aromatic carbocycles. The number of hydrogen-bond acceptors (Lipinski definition) is 16. The minimum Gasteiger partial charge on any atom is -0.508 e. The topological polar surface area (TPSA) is 352 Å². The third-order valence-electron chi connectivity index (χ3n) is 21.8. The minimum absolute atomic E-state index is 0.00308. The normalized spacial score (nSPS) is 20.3. The number of carbonyl (C=O) groups is 11. The van der Waals surface area contributed by atoms with Crippen molar-refractivity contribution in [2.45, 2.75) is 166 Å². The molecular weight excluding hydrogens is 1690 g/mol. The van der Waals surface area contributed by atoms with Gasteiger partial charge in [-0.15, -0.1) is 0 Å². The number of hydrogen-bond donors (Lipinski definition) is 8. The lowest BCUT2D eigenvalue weighted by molar-refractivity contribution is -0.163. The summed E-state index contributed by atoms with van der Waals surface area (Å²) in [5, 5.41) is 60.9. The van der Waals surface area contributed by atoms with Gasteiger partial charge in [0, 0.05) is 44.2 Å². The molecule has 660 valence electrons. The number of nitrogens with one attached hydrogen (secondary N) is 2. The van der Waals surface area contributed by atoms with Gasteiger partial charge in [-0.25, -0.2) is 4.79 Å². The summed E-state index contributed by atoms with van der Waals surface area (Å²) in [4.78, 5) is 132. The van der Waals surface area contributed by atoms with Crippen molar-refractivity contribution < 1.29 is 159 Å². The molecule has 0 saturated carbocycles. The highest BCUT2D eigenvalue weighted by atomic mass is 35.5. The first kappa shape index (κ1) is 96.6. The van der Waals surface area contributed by atoms with E-state index in [4.69, 9.17) is 21.8 Å². The Morgan fingerprint density at radius 1 is 0.358 bits per heavy atom. The van der Waals surface area contributed by atoms with Crippen molar-refractivity contribution in [3.63, 3.8) is 0 Å². The summed E-state index contributed by atoms with van der Waals surface area (Å²) in [5.41, 5.74) is -2.65. The fraction of sp³-hybridized carbons (Fsp3) is 0.384. The SMILES string of the molecule is COC(=O)C[C@]1(CC(F)(F)F)CCc2cc(C)ccc2C1=O.COC(=O)C[C@]1(CC(F)(F)F)CCc2cc(O)ccc2C1=O.O=C(O)CC1(CC(F)(F)F)CCc2cc(O)ccc2C1=O.O=C(O)C[C@]1(CC(F)(F)F)CCc2cc(-c3ccc(NC(=O)Nc4cccc(Cl)c4)cc3)ccc2C1=O.O=C(O)C[C@]1(CC(F)(F)F)CCc2cc(O)ccc2C1=O. The number of phenols is 3. The van der Waals surface area contributed by atoms with Crippen molar-refractivity contribution in [2.75, 3.05) is 24.9 Å². The number of carboxylic acids is 3. The van der Waals surface area contributed by atoms with Gasteiger partial charge in [-0.2, -0.15) is 65.9 Å². The maximum absolute atomic E-state index is 13.2. The number of aliphatic carboxylic acids is 3. The molecule has 0 heterocycles. The maximum Gasteiger partial charge on any atom is 0.390 e. The number of halogens is 16. The van der Waals surface area contributed by atoms with E-state index in [0.29, 0.717) is 45.1 Å². The number of fused-ring (bicyclic) bond motifs is 5. The van der Waals surface area contributed by atoms with Crippen molar-refractivity contribution in [1.29, 1.82) is 0 Å². The van der Waals surface area contributed by atoms with E-state index in [2.05, 4.69) is 20.1 Å². The van der Waals surface area contributed by atoms with E-state index in [9.17, 15) is 139 Å². The number of rotatable bonds is 18. The highest BCUT2D eigenvalue weighted by molar-refractivity contribution is 6.31. The van der Waals surface area contributed by atoms with Crippen LogP contribution in [0.15, 0.2) is 140 Å². The van der Waals surface area contributed by atoms with Crippen LogP contribution in [0.4, 0.5) is 82.0 Å². The first-order chi connectivity index (χ1) is 57.0. The van der Waals surface area contributed by atoms with Crippen molar-refractivity contribution in [2.24, 2.45) is 27.1 Å². The summed E-state index contributed by atoms with van der Waals surface area (Å²) >= 11 is 5.92. The molecule has 1 unspecified atom stereocenters. The Labute approximate surface area is 695 Å². The van der Waals surface area contributed by atoms with Crippen molar-refractivity contribution in [3.05, 3.63) is 206 Å². The number of anilines is 2. The Hall–Kier alpha value is -11.9. The van der Waals surface area contributed by atoms with E-state index >= 15 is 0 Å². The van der Waals surface area contributed by atoms with Crippen LogP contribution in [0.5, 0.6) is 17.2 Å². The number of carboxylic acid groups (broad SMARTS) is 3. The molecule has 0 bridgehead atoms. The number of esters is 2. The van der Waals surface area contributed by atoms with E-state index in [1.807, 2.05) is 13.0 Å². The summed E-state index contributed by atoms with van der Waals surface area (Å²) in [5.74, 6) is -9.93. The number of amides is 2. The molecule has 0 spiro atoms. The third-order valence-corrected chi connectivity index (χ3v) is 22.0. The molecule has 8 N–H and O–H groups in total. The minimum atomic E-state index is -4.66. The maximum atomic E-state index is 13.2. The molecule has 5 aliphatic rings. The molecule has 2 amide bonds. The highest BCUT2D eigenvalue weighted by Gasteiger charge is 2.56. The van der Waals surface area contributed by atoms with Gasteiger partial charge in [-0.05, 0) is 195 Å². The lowest BCUT2D eigenvalue weighted by atomic mass is 9.66. The van der Waals surface area contributed by atoms with Gasteiger partial charge in [-0.1, -0.05) is 71.8 Å². The van der Waals surface area contributed by atoms with Crippen LogP contribution < -0.4 is 10.6 Å². The number of aryl methyl sites for hydroxylation is 6. The zero-order valence-electron chi connectivity index (χ0n) is 65.5. The molecule has 0 aliphatic heterocycles. The van der Waals surface area contributed by atoms with Crippen LogP contribution in [0.2, 0.25) is 5.02 Å². The number of urea groups is 1. The van der Waals surface area contributed by atoms with E-state index in [-0.39, 0.29) is 103 Å². The summed E-state index contributed by atoms with van der Waals surface area (Å²) in [6, 6.07) is 34.5. The standard InChI is InChI=1S/C27H22ClF3N2O4.C16H17F3O3.C15H15F3O4.2C14H13F3O4/c28-19-2-1-3-21(13-19)33-25(37)32-20-7-4-16(5-8-20)17-6-9-22-18(12-17)10-11-26(24(22)36,14-23(34)35)15-27(29,30)31;1-10-3-4-12-11(7-10)5-6-15(14(12)21,8-13(20)22-2)9-16(17,18)19;1-22-12(20)7-14(8-15(16,17)18)5-4-9-6-10(19)2-3-11(9)13(14)21;2*15-14(16,17)7-13(6-11(19)20)4-3-8-5-9(18)1-2-10(8)12(13)21/h1-9,12-13H,10-11,14-15H2,(H,34,35)(H2,32,33,37);3-4,7H,5-6,8-9H2,1-2H3;2-3,6,19H,4-5,7-8H2,1H3;2*1-2,5,18H,3-4,6-7H2,(H,19,20)/t26-;15-;14-;13-;/m0000./s1. The smallest absolute Gasteiger partial charge is 0.390 e. The molecule has 12 rings (SSSR count). The molecule has 7 aromatic rings. The second-order valence-electron chi connectivity index (χ2n) is 30.9. The van der Waals surface area contributed by atoms with Gasteiger partial charge in [0.1, 0.15) is 17.2 Å². The highest BCUT2D eigenvalue weighted by Crippen LogP contribution is 2.53. The molecule has 0 saturated heterocycles. The van der Waals surface area contributed by atoms with E-state index in [1.165, 1.54) is 60.7 Å². The molecule has 0 aromatic heterocycles. The van der Waals surface area contributed by atoms with Crippen molar-refractivity contribution in [3.8, 4) is 28.4 Å². The largest absolute Gasteiger partial charge is 0.508 e. The van der Waals surface area contributed by atoms with Gasteiger partial charge in [0.15, 0.2) is 28.9 Å². The fourth-order valence-corrected chi connectivity index (χ4v) is 16.5.